The summed E-state index contributed by atoms with van der Waals surface area (Å²) in [5, 5.41) is 32.3. The Balaban J connectivity index is 3.65. The van der Waals surface area contributed by atoms with Gasteiger partial charge >= 0.3 is 0 Å². The molecule has 0 saturated heterocycles. The maximum absolute atomic E-state index is 13.0. The molecule has 0 aromatic carbocycles. The highest BCUT2D eigenvalue weighted by Crippen LogP contribution is 2.38. The van der Waals surface area contributed by atoms with Crippen LogP contribution in [-0.4, -0.2) is 32.5 Å². The molecule has 3 N–H and O–H groups in total. The Kier molecular flexibility index (Phi) is 7.38. The summed E-state index contributed by atoms with van der Waals surface area (Å²) in [6.45, 7) is 12.7. The largest absolute Gasteiger partial charge is 0.508 e. The van der Waals surface area contributed by atoms with E-state index in [2.05, 4.69) is 0 Å². The zero-order chi connectivity index (χ0) is 21.1. The minimum atomic E-state index is -2.25. The second-order valence-electron chi connectivity index (χ2n) is 8.11. The monoisotopic (exact) mass is 376 g/mol. The molecule has 150 valence electrons. The molecule has 1 aliphatic rings. The fourth-order valence-corrected chi connectivity index (χ4v) is 2.73. The molecule has 0 saturated carbocycles. The first-order valence-corrected chi connectivity index (χ1v) is 9.28. The van der Waals surface area contributed by atoms with Crippen LogP contribution in [0, 0.1) is 11.8 Å². The van der Waals surface area contributed by atoms with Crippen molar-refractivity contribution in [3.63, 3.8) is 0 Å². The fourth-order valence-electron chi connectivity index (χ4n) is 2.73. The van der Waals surface area contributed by atoms with Crippen molar-refractivity contribution in [3.8, 4) is 0 Å². The number of allylic oxidation sites excluding steroid dienone is 4. The van der Waals surface area contributed by atoms with Crippen molar-refractivity contribution in [3.05, 3.63) is 46.0 Å². The van der Waals surface area contributed by atoms with Gasteiger partial charge in [-0.1, -0.05) is 44.1 Å². The minimum Gasteiger partial charge on any atom is -0.508 e. The molecule has 0 bridgehead atoms. The van der Waals surface area contributed by atoms with Gasteiger partial charge in [0.2, 0.25) is 5.78 Å². The summed E-state index contributed by atoms with van der Waals surface area (Å²) in [7, 11) is 0. The van der Waals surface area contributed by atoms with Crippen LogP contribution in [0.4, 0.5) is 0 Å². The van der Waals surface area contributed by atoms with E-state index in [0.717, 1.165) is 11.1 Å². The van der Waals surface area contributed by atoms with Crippen LogP contribution in [-0.2, 0) is 9.59 Å². The molecule has 2 atom stereocenters. The second kappa shape index (κ2) is 8.70. The highest BCUT2D eigenvalue weighted by atomic mass is 16.3. The first-order valence-electron chi connectivity index (χ1n) is 9.28. The third-order valence-corrected chi connectivity index (χ3v) is 4.98. The van der Waals surface area contributed by atoms with Gasteiger partial charge in [0.15, 0.2) is 11.4 Å². The van der Waals surface area contributed by atoms with Crippen LogP contribution in [0.3, 0.4) is 0 Å². The third kappa shape index (κ3) is 4.78. The van der Waals surface area contributed by atoms with Crippen LogP contribution in [0.2, 0.25) is 0 Å². The van der Waals surface area contributed by atoms with E-state index in [9.17, 15) is 24.9 Å². The van der Waals surface area contributed by atoms with Crippen molar-refractivity contribution >= 4 is 11.6 Å². The normalized spacial score (nSPS) is 21.4. The van der Waals surface area contributed by atoms with Gasteiger partial charge in [0.1, 0.15) is 17.1 Å². The van der Waals surface area contributed by atoms with E-state index in [0.29, 0.717) is 0 Å². The topological polar surface area (TPSA) is 94.8 Å². The second-order valence-corrected chi connectivity index (χ2v) is 8.11. The molecule has 27 heavy (non-hydrogen) atoms. The predicted molar refractivity (Wildman–Crippen MR) is 106 cm³/mol. The van der Waals surface area contributed by atoms with Crippen molar-refractivity contribution < 1.29 is 24.9 Å². The van der Waals surface area contributed by atoms with Crippen molar-refractivity contribution in [1.82, 2.24) is 0 Å². The predicted octanol–water partition coefficient (Wildman–Crippen LogP) is 4.50. The van der Waals surface area contributed by atoms with E-state index in [-0.39, 0.29) is 24.3 Å². The number of carbonyl (C=O) groups excluding carboxylic acids is 2. The van der Waals surface area contributed by atoms with Gasteiger partial charge in [0.25, 0.3) is 0 Å². The first kappa shape index (κ1) is 22.9. The molecule has 1 aliphatic carbocycles. The van der Waals surface area contributed by atoms with Gasteiger partial charge in [-0.3, -0.25) is 9.59 Å². The van der Waals surface area contributed by atoms with E-state index in [4.69, 9.17) is 0 Å². The van der Waals surface area contributed by atoms with Gasteiger partial charge in [-0.05, 0) is 40.0 Å². The molecule has 0 spiro atoms. The van der Waals surface area contributed by atoms with Crippen LogP contribution >= 0.6 is 0 Å². The number of aliphatic hydroxyl groups excluding tert-OH is 2. The van der Waals surface area contributed by atoms with Gasteiger partial charge in [-0.15, -0.1) is 0 Å². The summed E-state index contributed by atoms with van der Waals surface area (Å²) in [5.41, 5.74) is -0.861. The zero-order valence-corrected chi connectivity index (χ0v) is 17.4. The van der Waals surface area contributed by atoms with E-state index >= 15 is 0 Å². The molecule has 2 unspecified atom stereocenters. The highest BCUT2D eigenvalue weighted by Gasteiger charge is 2.50. The molecule has 0 radical (unpaired) electrons. The van der Waals surface area contributed by atoms with Crippen molar-refractivity contribution in [2.45, 2.75) is 66.9 Å². The van der Waals surface area contributed by atoms with E-state index < -0.39 is 40.2 Å². The van der Waals surface area contributed by atoms with Crippen LogP contribution < -0.4 is 0 Å². The Hall–Kier alpha value is -2.14. The van der Waals surface area contributed by atoms with E-state index in [1.54, 1.807) is 19.1 Å². The van der Waals surface area contributed by atoms with Crippen molar-refractivity contribution in [2.24, 2.45) is 11.8 Å². The Labute approximate surface area is 161 Å². The van der Waals surface area contributed by atoms with Crippen LogP contribution in [0.25, 0.3) is 0 Å². The van der Waals surface area contributed by atoms with Crippen LogP contribution in [0.1, 0.15) is 61.3 Å². The standard InChI is InChI=1S/C22H32O5/c1-12(2)8-9-16-19(24)17(18(23)15(7)14(5)6)21(26)22(27,20(16)25)11-10-13(3)4/h8,10,14-15,24-25,27H,9,11H2,1-7H3. The van der Waals surface area contributed by atoms with Crippen LogP contribution in [0.15, 0.2) is 46.0 Å². The maximum Gasteiger partial charge on any atom is 0.209 e. The van der Waals surface area contributed by atoms with E-state index in [1.165, 1.54) is 0 Å². The summed E-state index contributed by atoms with van der Waals surface area (Å²) >= 11 is 0. The van der Waals surface area contributed by atoms with E-state index in [1.807, 2.05) is 41.5 Å². The van der Waals surface area contributed by atoms with Gasteiger partial charge in [-0.25, -0.2) is 0 Å². The molecule has 0 heterocycles. The lowest BCUT2D eigenvalue weighted by Gasteiger charge is -2.33. The first-order chi connectivity index (χ1) is 12.3. The van der Waals surface area contributed by atoms with Gasteiger partial charge < -0.3 is 15.3 Å². The number of hydrogen-bond acceptors (Lipinski definition) is 5. The lowest BCUT2D eigenvalue weighted by Crippen LogP contribution is -2.47. The minimum absolute atomic E-state index is 0.0137. The van der Waals surface area contributed by atoms with Crippen molar-refractivity contribution in [2.75, 3.05) is 0 Å². The number of ketones is 2. The smallest absolute Gasteiger partial charge is 0.209 e. The summed E-state index contributed by atoms with van der Waals surface area (Å²) < 4.78 is 0. The molecule has 0 fully saturated rings. The SMILES string of the molecule is CC(C)=CCC1=C(O)C(O)(CC=C(C)C)C(=O)C(C(=O)C(C)C(C)C)=C1O. The summed E-state index contributed by atoms with van der Waals surface area (Å²) in [5.74, 6) is -3.15. The number of rotatable bonds is 7. The van der Waals surface area contributed by atoms with Gasteiger partial charge in [-0.2, -0.15) is 0 Å². The highest BCUT2D eigenvalue weighted by molar-refractivity contribution is 6.25. The molecular formula is C22H32O5. The number of carbonyl (C=O) groups is 2. The lowest BCUT2D eigenvalue weighted by molar-refractivity contribution is -0.136. The van der Waals surface area contributed by atoms with Gasteiger partial charge in [0, 0.05) is 17.9 Å². The third-order valence-electron chi connectivity index (χ3n) is 4.98. The Morgan fingerprint density at radius 1 is 1.04 bits per heavy atom. The number of hydrogen-bond donors (Lipinski definition) is 3. The average molecular weight is 376 g/mol. The molecule has 0 aromatic heterocycles. The zero-order valence-electron chi connectivity index (χ0n) is 17.4. The Bertz CT molecular complexity index is 741. The van der Waals surface area contributed by atoms with Crippen LogP contribution in [0.5, 0.6) is 0 Å². The molecule has 0 aromatic rings. The summed E-state index contributed by atoms with van der Waals surface area (Å²) in [6, 6.07) is 0. The number of aliphatic hydroxyl groups is 3. The lowest BCUT2D eigenvalue weighted by atomic mass is 9.75. The molecular weight excluding hydrogens is 344 g/mol. The molecule has 5 nitrogen and oxygen atoms in total. The molecule has 5 heteroatoms. The number of Topliss-reactive ketones (excluding diaryl/α,β-unsaturated/α-hetero) is 2. The molecule has 0 aliphatic heterocycles. The summed E-state index contributed by atoms with van der Waals surface area (Å²) in [4.78, 5) is 25.9. The molecule has 0 amide bonds. The maximum atomic E-state index is 13.0. The van der Waals surface area contributed by atoms with Crippen molar-refractivity contribution in [1.29, 1.82) is 0 Å². The Morgan fingerprint density at radius 3 is 2.00 bits per heavy atom. The Morgan fingerprint density at radius 2 is 1.56 bits per heavy atom. The molecule has 1 rings (SSSR count). The summed E-state index contributed by atoms with van der Waals surface area (Å²) in [6.07, 6.45) is 3.32. The quantitative estimate of drug-likeness (QED) is 0.449. The average Bonchev–Trinajstić information content (AvgIpc) is 2.57. The van der Waals surface area contributed by atoms with Gasteiger partial charge in [0.05, 0.1) is 0 Å². The fraction of sp³-hybridized carbons (Fsp3) is 0.545.